The van der Waals surface area contributed by atoms with Gasteiger partial charge in [0.2, 0.25) is 0 Å². The molecular weight excluding hydrogens is 889 g/mol. The van der Waals surface area contributed by atoms with Crippen LogP contribution in [0.2, 0.25) is 0 Å². The first-order valence-corrected chi connectivity index (χ1v) is 12.5. The van der Waals surface area contributed by atoms with E-state index < -0.39 is 23.2 Å². The molecule has 0 amide bonds. The first-order valence-electron chi connectivity index (χ1n) is 8.23. The first kappa shape index (κ1) is 26.8. The number of phenols is 2. The molecule has 0 aliphatic heterocycles. The van der Waals surface area contributed by atoms with E-state index in [9.17, 15) is 28.9 Å². The summed E-state index contributed by atoms with van der Waals surface area (Å²) in [7, 11) is 0. The molecule has 0 unspecified atom stereocenters. The van der Waals surface area contributed by atoms with E-state index in [1.54, 1.807) is 12.1 Å². The average Bonchev–Trinajstić information content (AvgIpc) is 2.71. The number of aromatic carboxylic acids is 1. The van der Waals surface area contributed by atoms with Gasteiger partial charge in [-0.2, -0.15) is 0 Å². The second-order valence-electron chi connectivity index (χ2n) is 6.36. The predicted molar refractivity (Wildman–Crippen MR) is 145 cm³/mol. The van der Waals surface area contributed by atoms with Crippen molar-refractivity contribution in [2.24, 2.45) is 0 Å². The monoisotopic (exact) mass is 896 g/mol. The molecule has 0 atom stereocenters. The Balaban J connectivity index is 0.00000289. The molecule has 4 aromatic rings. The van der Waals surface area contributed by atoms with Gasteiger partial charge in [0, 0.05) is 11.1 Å². The molecule has 0 bridgehead atoms. The fourth-order valence-corrected chi connectivity index (χ4v) is 6.84. The van der Waals surface area contributed by atoms with E-state index >= 15 is 0 Å². The third kappa shape index (κ3) is 4.31. The quantitative estimate of drug-likeness (QED) is 0.121. The largest absolute Gasteiger partial charge is 1.00 e. The number of fused-ring (bicyclic) bond motifs is 2. The number of benzene rings is 3. The fraction of sp³-hybridized carbons (Fsp3) is 0. The molecule has 0 radical (unpaired) electrons. The summed E-state index contributed by atoms with van der Waals surface area (Å²) in [5, 5.41) is 31.3. The normalized spacial score (nSPS) is 11.1. The molecule has 0 aliphatic carbocycles. The van der Waals surface area contributed by atoms with Crippen molar-refractivity contribution >= 4 is 118 Å². The van der Waals surface area contributed by atoms with Gasteiger partial charge in [-0.15, -0.1) is 0 Å². The van der Waals surface area contributed by atoms with Gasteiger partial charge in [0.05, 0.1) is 17.9 Å². The third-order valence-electron chi connectivity index (χ3n) is 4.62. The summed E-state index contributed by atoms with van der Waals surface area (Å²) >= 11 is 7.63. The van der Waals surface area contributed by atoms with Crippen LogP contribution in [0.5, 0.6) is 11.5 Å². The van der Waals surface area contributed by atoms with Crippen molar-refractivity contribution in [1.29, 1.82) is 0 Å². The SMILES string of the molecule is O=C(O)c1c(-c2c3cc(I)c(O)c(I)c3[o+]c3c(I)c(O)c(I)cc23)ccc(F)c1F.[Na+]. The van der Waals surface area contributed by atoms with Crippen molar-refractivity contribution in [2.45, 2.75) is 0 Å². The molecule has 158 valence electrons. The topological polar surface area (TPSA) is 89.1 Å². The number of rotatable bonds is 2. The molecule has 1 aromatic heterocycles. The molecule has 1 heterocycles. The van der Waals surface area contributed by atoms with Gasteiger partial charge in [-0.3, -0.25) is 0 Å². The Morgan fingerprint density at radius 3 is 1.78 bits per heavy atom. The molecule has 4 rings (SSSR count). The smallest absolute Gasteiger partial charge is 0.505 e. The summed E-state index contributed by atoms with van der Waals surface area (Å²) in [5.41, 5.74) is -0.128. The molecule has 5 nitrogen and oxygen atoms in total. The zero-order valence-corrected chi connectivity index (χ0v) is 26.4. The Bertz CT molecular complexity index is 1390. The minimum atomic E-state index is -1.62. The summed E-state index contributed by atoms with van der Waals surface area (Å²) < 4.78 is 36.2. The van der Waals surface area contributed by atoms with E-state index in [1.165, 1.54) is 6.07 Å². The van der Waals surface area contributed by atoms with Gasteiger partial charge in [-0.25, -0.2) is 18.0 Å². The number of carbonyl (C=O) groups is 1. The summed E-state index contributed by atoms with van der Waals surface area (Å²) in [4.78, 5) is 11.9. The summed E-state index contributed by atoms with van der Waals surface area (Å²) in [5.74, 6) is -4.44. The Morgan fingerprint density at radius 2 is 1.34 bits per heavy atom. The second-order valence-corrected chi connectivity index (χ2v) is 10.8. The summed E-state index contributed by atoms with van der Waals surface area (Å²) in [6, 6.07) is 5.25. The van der Waals surface area contributed by atoms with E-state index in [4.69, 9.17) is 4.42 Å². The van der Waals surface area contributed by atoms with Gasteiger partial charge in [0.1, 0.15) is 5.56 Å². The number of hydrogen-bond donors (Lipinski definition) is 3. The standard InChI is InChI=1S/C20H6F2I4O5.Na/c21-8-2-1-5(12(13(8)22)20(29)30)11-6-3-9(23)16(27)14(25)18(6)31-19-7(11)4-10(24)17(28)15(19)26;/h1-4H,(H2-,27,28,29,30);/q;+1/p+1. The van der Waals surface area contributed by atoms with E-state index in [0.29, 0.717) is 30.6 Å². The van der Waals surface area contributed by atoms with Crippen LogP contribution in [-0.4, -0.2) is 21.3 Å². The summed E-state index contributed by atoms with van der Waals surface area (Å²) in [6.07, 6.45) is 0. The fourth-order valence-electron chi connectivity index (χ4n) is 3.26. The Kier molecular flexibility index (Phi) is 8.40. The van der Waals surface area contributed by atoms with E-state index in [2.05, 4.69) is 0 Å². The molecule has 12 heteroatoms. The van der Waals surface area contributed by atoms with Crippen LogP contribution in [0.15, 0.2) is 28.7 Å². The third-order valence-corrected chi connectivity index (χ3v) is 8.27. The number of carboxylic acid groups (broad SMARTS) is 1. The van der Waals surface area contributed by atoms with Crippen molar-refractivity contribution in [3.63, 3.8) is 0 Å². The molecule has 0 saturated carbocycles. The van der Waals surface area contributed by atoms with Gasteiger partial charge >= 0.3 is 46.7 Å². The summed E-state index contributed by atoms with van der Waals surface area (Å²) in [6.45, 7) is 0. The maximum absolute atomic E-state index is 14.6. The number of aromatic hydroxyl groups is 2. The molecule has 0 fully saturated rings. The molecule has 3 N–H and O–H groups in total. The average molecular weight is 896 g/mol. The van der Waals surface area contributed by atoms with Crippen LogP contribution in [0.4, 0.5) is 8.78 Å². The van der Waals surface area contributed by atoms with Crippen LogP contribution in [0.1, 0.15) is 10.4 Å². The first-order chi connectivity index (χ1) is 14.5. The number of carboxylic acids is 1. The Morgan fingerprint density at radius 1 is 0.875 bits per heavy atom. The number of phenolic OH excluding ortho intramolecular Hbond substituents is 2. The van der Waals surface area contributed by atoms with Crippen LogP contribution in [0, 0.1) is 25.9 Å². The van der Waals surface area contributed by atoms with Crippen molar-refractivity contribution in [2.75, 3.05) is 0 Å². The molecule has 0 saturated heterocycles. The van der Waals surface area contributed by atoms with Crippen molar-refractivity contribution in [1.82, 2.24) is 0 Å². The van der Waals surface area contributed by atoms with Gasteiger partial charge in [0.25, 0.3) is 0 Å². The van der Waals surface area contributed by atoms with Gasteiger partial charge < -0.3 is 15.3 Å². The van der Waals surface area contributed by atoms with E-state index in [0.717, 1.165) is 6.07 Å². The van der Waals surface area contributed by atoms with Gasteiger partial charge in [-0.05, 0) is 109 Å². The van der Waals surface area contributed by atoms with Crippen molar-refractivity contribution in [3.8, 4) is 22.6 Å². The maximum Gasteiger partial charge on any atom is 1.00 e. The Hall–Kier alpha value is 0.180. The zero-order chi connectivity index (χ0) is 22.8. The minimum Gasteiger partial charge on any atom is -0.505 e. The molecule has 0 aliphatic rings. The molecule has 32 heavy (non-hydrogen) atoms. The molecule has 3 aromatic carbocycles. The van der Waals surface area contributed by atoms with Crippen molar-refractivity contribution in [3.05, 3.63) is 55.7 Å². The molecule has 0 spiro atoms. The van der Waals surface area contributed by atoms with E-state index in [-0.39, 0.29) is 57.8 Å². The zero-order valence-electron chi connectivity index (χ0n) is 15.7. The number of hydrogen-bond acceptors (Lipinski definition) is 3. The predicted octanol–water partition coefficient (Wildman–Crippen LogP) is 4.34. The van der Waals surface area contributed by atoms with Crippen LogP contribution in [-0.2, 0) is 0 Å². The minimum absolute atomic E-state index is 0. The number of halogens is 6. The maximum atomic E-state index is 14.6. The molecular formula is C20H7F2I4NaO5+2. The van der Waals surface area contributed by atoms with Crippen LogP contribution in [0.25, 0.3) is 33.1 Å². The van der Waals surface area contributed by atoms with E-state index in [1.807, 2.05) is 90.4 Å². The van der Waals surface area contributed by atoms with Crippen LogP contribution in [0.3, 0.4) is 0 Å². The van der Waals surface area contributed by atoms with Crippen LogP contribution >= 0.6 is 90.4 Å². The Labute approximate surface area is 255 Å². The second kappa shape index (κ2) is 10.0. The van der Waals surface area contributed by atoms with Crippen LogP contribution < -0.4 is 29.6 Å². The van der Waals surface area contributed by atoms with Gasteiger partial charge in [0.15, 0.2) is 30.3 Å². The van der Waals surface area contributed by atoms with Crippen molar-refractivity contribution < 1.29 is 62.9 Å². The van der Waals surface area contributed by atoms with Gasteiger partial charge in [-0.1, -0.05) is 6.07 Å².